The SMILES string of the molecule is CC(C)CN(CC1CCCN1)C(C)C1CCOC1. The molecule has 0 aliphatic carbocycles. The van der Waals surface area contributed by atoms with Crippen molar-refractivity contribution < 1.29 is 4.74 Å². The van der Waals surface area contributed by atoms with Crippen LogP contribution < -0.4 is 5.32 Å². The summed E-state index contributed by atoms with van der Waals surface area (Å²) in [5, 5.41) is 3.63. The Morgan fingerprint density at radius 1 is 1.28 bits per heavy atom. The lowest BCUT2D eigenvalue weighted by Gasteiger charge is -2.35. The van der Waals surface area contributed by atoms with Gasteiger partial charge >= 0.3 is 0 Å². The fraction of sp³-hybridized carbons (Fsp3) is 1.00. The zero-order valence-electron chi connectivity index (χ0n) is 12.3. The molecule has 3 atom stereocenters. The first-order chi connectivity index (χ1) is 8.66. The van der Waals surface area contributed by atoms with Crippen molar-refractivity contribution in [2.24, 2.45) is 11.8 Å². The normalized spacial score (nSPS) is 30.5. The number of ether oxygens (including phenoxy) is 1. The standard InChI is InChI=1S/C15H30N2O/c1-12(2)9-17(10-15-5-4-7-16-15)13(3)14-6-8-18-11-14/h12-16H,4-11H2,1-3H3. The van der Waals surface area contributed by atoms with E-state index in [1.807, 2.05) is 0 Å². The first-order valence-corrected chi connectivity index (χ1v) is 7.72. The summed E-state index contributed by atoms with van der Waals surface area (Å²) in [6, 6.07) is 1.38. The summed E-state index contributed by atoms with van der Waals surface area (Å²) in [6.45, 7) is 12.6. The van der Waals surface area contributed by atoms with Crippen molar-refractivity contribution in [3.05, 3.63) is 0 Å². The lowest BCUT2D eigenvalue weighted by molar-refractivity contribution is 0.110. The van der Waals surface area contributed by atoms with Crippen molar-refractivity contribution >= 4 is 0 Å². The largest absolute Gasteiger partial charge is 0.381 e. The van der Waals surface area contributed by atoms with E-state index in [9.17, 15) is 0 Å². The van der Waals surface area contributed by atoms with Crippen LogP contribution in [0.2, 0.25) is 0 Å². The Kier molecular flexibility index (Phi) is 5.46. The summed E-state index contributed by atoms with van der Waals surface area (Å²) in [6.07, 6.45) is 3.94. The molecule has 2 fully saturated rings. The Bertz CT molecular complexity index is 233. The number of hydrogen-bond acceptors (Lipinski definition) is 3. The number of rotatable bonds is 6. The van der Waals surface area contributed by atoms with Crippen molar-refractivity contribution in [3.63, 3.8) is 0 Å². The maximum Gasteiger partial charge on any atom is 0.0509 e. The number of hydrogen-bond donors (Lipinski definition) is 1. The molecule has 2 aliphatic heterocycles. The Hall–Kier alpha value is -0.120. The molecular weight excluding hydrogens is 224 g/mol. The smallest absolute Gasteiger partial charge is 0.0509 e. The van der Waals surface area contributed by atoms with Crippen LogP contribution >= 0.6 is 0 Å². The van der Waals surface area contributed by atoms with Gasteiger partial charge in [0.15, 0.2) is 0 Å². The van der Waals surface area contributed by atoms with Crippen molar-refractivity contribution in [3.8, 4) is 0 Å². The highest BCUT2D eigenvalue weighted by Crippen LogP contribution is 2.22. The zero-order valence-corrected chi connectivity index (χ0v) is 12.3. The van der Waals surface area contributed by atoms with Gasteiger partial charge in [0.1, 0.15) is 0 Å². The van der Waals surface area contributed by atoms with Gasteiger partial charge < -0.3 is 10.1 Å². The van der Waals surface area contributed by atoms with Gasteiger partial charge in [0, 0.05) is 31.8 Å². The average molecular weight is 254 g/mol. The Morgan fingerprint density at radius 3 is 2.67 bits per heavy atom. The lowest BCUT2D eigenvalue weighted by atomic mass is 9.97. The fourth-order valence-electron chi connectivity index (χ4n) is 3.30. The van der Waals surface area contributed by atoms with Crippen LogP contribution in [-0.4, -0.2) is 49.8 Å². The molecule has 0 amide bonds. The van der Waals surface area contributed by atoms with Crippen LogP contribution in [0.15, 0.2) is 0 Å². The highest BCUT2D eigenvalue weighted by atomic mass is 16.5. The topological polar surface area (TPSA) is 24.5 Å². The monoisotopic (exact) mass is 254 g/mol. The van der Waals surface area contributed by atoms with Gasteiger partial charge in [-0.05, 0) is 44.6 Å². The summed E-state index contributed by atoms with van der Waals surface area (Å²) in [5.41, 5.74) is 0. The van der Waals surface area contributed by atoms with Gasteiger partial charge in [-0.3, -0.25) is 4.90 Å². The first kappa shape index (κ1) is 14.3. The maximum absolute atomic E-state index is 5.56. The molecule has 2 aliphatic rings. The van der Waals surface area contributed by atoms with Crippen LogP contribution in [0.1, 0.15) is 40.0 Å². The van der Waals surface area contributed by atoms with Gasteiger partial charge in [0.25, 0.3) is 0 Å². The molecule has 0 spiro atoms. The van der Waals surface area contributed by atoms with E-state index in [1.54, 1.807) is 0 Å². The molecule has 106 valence electrons. The van der Waals surface area contributed by atoms with Crippen LogP contribution in [0.4, 0.5) is 0 Å². The molecule has 3 heteroatoms. The molecular formula is C15H30N2O. The van der Waals surface area contributed by atoms with E-state index in [4.69, 9.17) is 4.74 Å². The van der Waals surface area contributed by atoms with E-state index in [-0.39, 0.29) is 0 Å². The molecule has 0 aromatic rings. The van der Waals surface area contributed by atoms with Crippen molar-refractivity contribution in [1.29, 1.82) is 0 Å². The Balaban J connectivity index is 1.89. The van der Waals surface area contributed by atoms with Gasteiger partial charge in [-0.25, -0.2) is 0 Å². The predicted molar refractivity (Wildman–Crippen MR) is 75.8 cm³/mol. The molecule has 0 saturated carbocycles. The summed E-state index contributed by atoms with van der Waals surface area (Å²) in [7, 11) is 0. The summed E-state index contributed by atoms with van der Waals surface area (Å²) >= 11 is 0. The van der Waals surface area contributed by atoms with Crippen LogP contribution in [0.25, 0.3) is 0 Å². The van der Waals surface area contributed by atoms with Gasteiger partial charge in [0.05, 0.1) is 6.61 Å². The molecule has 3 unspecified atom stereocenters. The third-order valence-electron chi connectivity index (χ3n) is 4.44. The molecule has 0 radical (unpaired) electrons. The van der Waals surface area contributed by atoms with E-state index in [0.717, 1.165) is 25.0 Å². The van der Waals surface area contributed by atoms with Gasteiger partial charge in [-0.2, -0.15) is 0 Å². The fourth-order valence-corrected chi connectivity index (χ4v) is 3.30. The third kappa shape index (κ3) is 3.94. The molecule has 2 heterocycles. The van der Waals surface area contributed by atoms with Crippen molar-refractivity contribution in [2.45, 2.75) is 52.1 Å². The van der Waals surface area contributed by atoms with E-state index in [1.165, 1.54) is 38.9 Å². The van der Waals surface area contributed by atoms with Crippen LogP contribution in [-0.2, 0) is 4.74 Å². The minimum absolute atomic E-state index is 0.664. The summed E-state index contributed by atoms with van der Waals surface area (Å²) < 4.78 is 5.56. The lowest BCUT2D eigenvalue weighted by Crippen LogP contribution is -2.46. The maximum atomic E-state index is 5.56. The zero-order chi connectivity index (χ0) is 13.0. The van der Waals surface area contributed by atoms with Gasteiger partial charge in [-0.1, -0.05) is 13.8 Å². The molecule has 2 rings (SSSR count). The summed E-state index contributed by atoms with van der Waals surface area (Å²) in [5.74, 6) is 1.49. The molecule has 0 aromatic heterocycles. The van der Waals surface area contributed by atoms with Crippen molar-refractivity contribution in [1.82, 2.24) is 10.2 Å². The second-order valence-corrected chi connectivity index (χ2v) is 6.51. The Labute approximate surface area is 112 Å². The summed E-state index contributed by atoms with van der Waals surface area (Å²) in [4.78, 5) is 2.70. The molecule has 1 N–H and O–H groups in total. The number of nitrogens with zero attached hydrogens (tertiary/aromatic N) is 1. The highest BCUT2D eigenvalue weighted by molar-refractivity contribution is 4.84. The molecule has 3 nitrogen and oxygen atoms in total. The minimum atomic E-state index is 0.664. The van der Waals surface area contributed by atoms with Gasteiger partial charge in [-0.15, -0.1) is 0 Å². The van der Waals surface area contributed by atoms with Crippen LogP contribution in [0.3, 0.4) is 0 Å². The van der Waals surface area contributed by atoms with Crippen molar-refractivity contribution in [2.75, 3.05) is 32.8 Å². The molecule has 18 heavy (non-hydrogen) atoms. The number of nitrogens with one attached hydrogen (secondary N) is 1. The van der Waals surface area contributed by atoms with E-state index in [2.05, 4.69) is 31.0 Å². The molecule has 0 aromatic carbocycles. The predicted octanol–water partition coefficient (Wildman–Crippen LogP) is 2.12. The van der Waals surface area contributed by atoms with Gasteiger partial charge in [0.2, 0.25) is 0 Å². The minimum Gasteiger partial charge on any atom is -0.381 e. The van der Waals surface area contributed by atoms with E-state index >= 15 is 0 Å². The van der Waals surface area contributed by atoms with E-state index < -0.39 is 0 Å². The Morgan fingerprint density at radius 2 is 2.11 bits per heavy atom. The first-order valence-electron chi connectivity index (χ1n) is 7.72. The molecule has 0 bridgehead atoms. The second kappa shape index (κ2) is 6.88. The quantitative estimate of drug-likeness (QED) is 0.786. The van der Waals surface area contributed by atoms with E-state index in [0.29, 0.717) is 12.1 Å². The average Bonchev–Trinajstić information content (AvgIpc) is 2.99. The van der Waals surface area contributed by atoms with Crippen LogP contribution in [0.5, 0.6) is 0 Å². The van der Waals surface area contributed by atoms with Crippen LogP contribution in [0, 0.1) is 11.8 Å². The highest BCUT2D eigenvalue weighted by Gasteiger charge is 2.29. The third-order valence-corrected chi connectivity index (χ3v) is 4.44. The second-order valence-electron chi connectivity index (χ2n) is 6.51. The molecule has 2 saturated heterocycles.